The molecule has 0 saturated heterocycles. The summed E-state index contributed by atoms with van der Waals surface area (Å²) in [6.45, 7) is 0. The van der Waals surface area contributed by atoms with Crippen molar-refractivity contribution >= 4 is 54.6 Å². The van der Waals surface area contributed by atoms with Gasteiger partial charge in [-0.05, 0) is 110 Å². The van der Waals surface area contributed by atoms with Gasteiger partial charge in [0.2, 0.25) is 0 Å². The zero-order valence-electron chi connectivity index (χ0n) is 32.3. The molecular formula is C57H33NO2. The minimum absolute atomic E-state index is 0.885. The molecule has 1 aliphatic carbocycles. The Kier molecular flexibility index (Phi) is 7.01. The Morgan fingerprint density at radius 2 is 0.900 bits per heavy atom. The second-order valence-electron chi connectivity index (χ2n) is 15.8. The molecule has 1 aliphatic rings. The molecule has 0 aliphatic heterocycles. The van der Waals surface area contributed by atoms with Crippen molar-refractivity contribution in [1.82, 2.24) is 4.98 Å². The molecule has 0 fully saturated rings. The lowest BCUT2D eigenvalue weighted by molar-refractivity contribution is 0.669. The van der Waals surface area contributed by atoms with Gasteiger partial charge in [-0.1, -0.05) is 146 Å². The first-order valence-corrected chi connectivity index (χ1v) is 20.4. The highest BCUT2D eigenvalue weighted by atomic mass is 16.3. The minimum atomic E-state index is 0.885. The van der Waals surface area contributed by atoms with Gasteiger partial charge in [-0.2, -0.15) is 0 Å². The van der Waals surface area contributed by atoms with E-state index in [-0.39, 0.29) is 0 Å². The highest BCUT2D eigenvalue weighted by Gasteiger charge is 2.28. The van der Waals surface area contributed by atoms with Crippen molar-refractivity contribution in [3.8, 4) is 78.1 Å². The van der Waals surface area contributed by atoms with Gasteiger partial charge in [0.05, 0.1) is 11.4 Å². The highest BCUT2D eigenvalue weighted by molar-refractivity contribution is 6.27. The van der Waals surface area contributed by atoms with Gasteiger partial charge in [0.1, 0.15) is 22.3 Å². The largest absolute Gasteiger partial charge is 0.456 e. The molecule has 0 radical (unpaired) electrons. The van der Waals surface area contributed by atoms with Gasteiger partial charge in [-0.25, -0.2) is 4.98 Å². The Morgan fingerprint density at radius 1 is 0.300 bits per heavy atom. The van der Waals surface area contributed by atoms with Gasteiger partial charge in [0, 0.05) is 43.8 Å². The van der Waals surface area contributed by atoms with E-state index in [9.17, 15) is 0 Å². The number of hydrogen-bond donors (Lipinski definition) is 0. The van der Waals surface area contributed by atoms with Gasteiger partial charge >= 0.3 is 0 Å². The summed E-state index contributed by atoms with van der Waals surface area (Å²) in [6.07, 6.45) is 0. The summed E-state index contributed by atoms with van der Waals surface area (Å²) in [7, 11) is 0. The second kappa shape index (κ2) is 12.7. The van der Waals surface area contributed by atoms with E-state index in [4.69, 9.17) is 13.8 Å². The third kappa shape index (κ3) is 4.99. The number of nitrogens with zero attached hydrogens (tertiary/aromatic N) is 1. The Morgan fingerprint density at radius 3 is 1.72 bits per heavy atom. The van der Waals surface area contributed by atoms with E-state index < -0.39 is 0 Å². The Balaban J connectivity index is 0.955. The van der Waals surface area contributed by atoms with Gasteiger partial charge in [-0.3, -0.25) is 0 Å². The lowest BCUT2D eigenvalue weighted by Gasteiger charge is -2.13. The Hall–Kier alpha value is -8.01. The molecule has 278 valence electrons. The Bertz CT molecular complexity index is 3710. The van der Waals surface area contributed by atoms with E-state index in [0.717, 1.165) is 94.4 Å². The summed E-state index contributed by atoms with van der Waals surface area (Å²) in [6, 6.07) is 71.3. The fourth-order valence-corrected chi connectivity index (χ4v) is 9.61. The van der Waals surface area contributed by atoms with Crippen LogP contribution in [0.2, 0.25) is 0 Å². The van der Waals surface area contributed by atoms with Crippen LogP contribution in [0.4, 0.5) is 0 Å². The number of para-hydroxylation sites is 2. The average molecular weight is 764 g/mol. The van der Waals surface area contributed by atoms with Crippen LogP contribution in [0.15, 0.2) is 209 Å². The van der Waals surface area contributed by atoms with Crippen LogP contribution >= 0.6 is 0 Å². The van der Waals surface area contributed by atoms with Crippen LogP contribution in [0.1, 0.15) is 0 Å². The minimum Gasteiger partial charge on any atom is -0.456 e. The van der Waals surface area contributed by atoms with Crippen molar-refractivity contribution in [2.45, 2.75) is 0 Å². The molecule has 3 aromatic heterocycles. The molecule has 0 spiro atoms. The number of rotatable bonds is 5. The second-order valence-corrected chi connectivity index (χ2v) is 15.8. The monoisotopic (exact) mass is 763 g/mol. The number of aromatic nitrogens is 1. The molecule has 3 heteroatoms. The molecule has 0 amide bonds. The van der Waals surface area contributed by atoms with E-state index in [1.807, 2.05) is 18.2 Å². The van der Waals surface area contributed by atoms with Crippen LogP contribution < -0.4 is 0 Å². The van der Waals surface area contributed by atoms with Crippen LogP contribution in [0.25, 0.3) is 133 Å². The molecule has 0 N–H and O–H groups in total. The summed E-state index contributed by atoms with van der Waals surface area (Å²) in [4.78, 5) is 5.29. The lowest BCUT2D eigenvalue weighted by Crippen LogP contribution is -1.92. The first-order valence-electron chi connectivity index (χ1n) is 20.4. The topological polar surface area (TPSA) is 39.2 Å². The van der Waals surface area contributed by atoms with Gasteiger partial charge in [-0.15, -0.1) is 0 Å². The van der Waals surface area contributed by atoms with E-state index in [0.29, 0.717) is 0 Å². The summed E-state index contributed by atoms with van der Waals surface area (Å²) in [5.74, 6) is 0. The molecule has 3 nitrogen and oxygen atoms in total. The molecule has 3 heterocycles. The van der Waals surface area contributed by atoms with Crippen LogP contribution in [-0.4, -0.2) is 4.98 Å². The smallest absolute Gasteiger partial charge is 0.143 e. The SMILES string of the molecule is c1ccc(-c2cc(-c3ccc4oc5ccccc5c4c3)cc(-c3cccc(-c4cccc(-c5cc6c(c7c5oc5ccccc57)-c5cccc7cccc-6c57)c4)c3)n2)cc1. The standard InChI is InChI=1S/C57H33NO2/c1-2-12-34(13-3-1)49-31-41(38-26-27-53-47(30-38)42-20-4-6-24-51(42)59-53)32-50(58-49)40-19-9-17-37(29-40)36-16-8-18-39(28-36)46-33-48-43-22-10-14-35-15-11-23-45(54(35)43)55(48)56-44-21-5-7-25-52(44)60-57(46)56/h1-33H. The van der Waals surface area contributed by atoms with Crippen molar-refractivity contribution in [2.75, 3.05) is 0 Å². The van der Waals surface area contributed by atoms with Gasteiger partial charge in [0.15, 0.2) is 0 Å². The van der Waals surface area contributed by atoms with Gasteiger partial charge < -0.3 is 8.83 Å². The third-order valence-electron chi connectivity index (χ3n) is 12.4. The average Bonchev–Trinajstić information content (AvgIpc) is 3.99. The third-order valence-corrected chi connectivity index (χ3v) is 12.4. The predicted molar refractivity (Wildman–Crippen MR) is 248 cm³/mol. The van der Waals surface area contributed by atoms with Crippen molar-refractivity contribution in [2.24, 2.45) is 0 Å². The predicted octanol–water partition coefficient (Wildman–Crippen LogP) is 16.0. The van der Waals surface area contributed by atoms with E-state index in [1.165, 1.54) is 38.4 Å². The maximum absolute atomic E-state index is 6.80. The van der Waals surface area contributed by atoms with Crippen molar-refractivity contribution in [3.63, 3.8) is 0 Å². The molecule has 0 bridgehead atoms. The van der Waals surface area contributed by atoms with E-state index >= 15 is 0 Å². The van der Waals surface area contributed by atoms with Gasteiger partial charge in [0.25, 0.3) is 0 Å². The molecule has 13 rings (SSSR count). The van der Waals surface area contributed by atoms with E-state index in [2.05, 4.69) is 182 Å². The fraction of sp³-hybridized carbons (Fsp3) is 0. The number of fused-ring (bicyclic) bond motifs is 10. The highest BCUT2D eigenvalue weighted by Crippen LogP contribution is 2.54. The van der Waals surface area contributed by atoms with E-state index in [1.54, 1.807) is 0 Å². The molecule has 12 aromatic rings. The van der Waals surface area contributed by atoms with Crippen molar-refractivity contribution in [3.05, 3.63) is 200 Å². The summed E-state index contributed by atoms with van der Waals surface area (Å²) in [5, 5.41) is 7.11. The van der Waals surface area contributed by atoms with Crippen LogP contribution in [0.5, 0.6) is 0 Å². The normalized spacial score (nSPS) is 12.0. The number of benzene rings is 9. The zero-order valence-corrected chi connectivity index (χ0v) is 32.3. The molecule has 60 heavy (non-hydrogen) atoms. The fourth-order valence-electron chi connectivity index (χ4n) is 9.61. The number of pyridine rings is 1. The van der Waals surface area contributed by atoms with Crippen LogP contribution in [0.3, 0.4) is 0 Å². The molecular weight excluding hydrogens is 731 g/mol. The number of hydrogen-bond acceptors (Lipinski definition) is 3. The maximum atomic E-state index is 6.80. The quantitative estimate of drug-likeness (QED) is 0.175. The molecule has 0 atom stereocenters. The first kappa shape index (κ1) is 33.0. The van der Waals surface area contributed by atoms with Crippen LogP contribution in [-0.2, 0) is 0 Å². The first-order chi connectivity index (χ1) is 29.7. The molecule has 0 saturated carbocycles. The van der Waals surface area contributed by atoms with Crippen molar-refractivity contribution in [1.29, 1.82) is 0 Å². The zero-order chi connectivity index (χ0) is 39.3. The lowest BCUT2D eigenvalue weighted by atomic mass is 9.91. The van der Waals surface area contributed by atoms with Crippen molar-refractivity contribution < 1.29 is 8.83 Å². The summed E-state index contributed by atoms with van der Waals surface area (Å²) >= 11 is 0. The number of furan rings is 2. The Labute approximate surface area is 345 Å². The maximum Gasteiger partial charge on any atom is 0.143 e. The van der Waals surface area contributed by atoms with Crippen LogP contribution in [0, 0.1) is 0 Å². The summed E-state index contributed by atoms with van der Waals surface area (Å²) in [5.41, 5.74) is 19.3. The molecule has 9 aromatic carbocycles. The summed E-state index contributed by atoms with van der Waals surface area (Å²) < 4.78 is 13.0. The molecule has 0 unspecified atom stereocenters.